The van der Waals surface area contributed by atoms with E-state index >= 15 is 0 Å². The predicted molar refractivity (Wildman–Crippen MR) is 128 cm³/mol. The fourth-order valence-corrected chi connectivity index (χ4v) is 3.65. The molecule has 0 aliphatic heterocycles. The number of carbonyl (C=O) groups excluding carboxylic acids is 2. The largest absolute Gasteiger partial charge is 0.484 e. The predicted octanol–water partition coefficient (Wildman–Crippen LogP) is 5.17. The molecule has 2 rings (SSSR count). The van der Waals surface area contributed by atoms with Gasteiger partial charge < -0.3 is 15.0 Å². The Labute approximate surface area is 194 Å². The fraction of sp³-hybridized carbons (Fsp3) is 0.440. The van der Waals surface area contributed by atoms with Crippen LogP contribution in [0.2, 0.25) is 0 Å². The van der Waals surface area contributed by atoms with Gasteiger partial charge in [0, 0.05) is 17.6 Å². The van der Waals surface area contributed by atoms with E-state index in [1.807, 2.05) is 63.2 Å². The summed E-state index contributed by atoms with van der Waals surface area (Å²) in [5, 5.41) is 2.97. The van der Waals surface area contributed by atoms with E-state index in [0.29, 0.717) is 25.3 Å². The van der Waals surface area contributed by atoms with Gasteiger partial charge in [-0.25, -0.2) is 0 Å². The lowest BCUT2D eigenvalue weighted by Gasteiger charge is -2.30. The third-order valence-corrected chi connectivity index (χ3v) is 6.43. The minimum absolute atomic E-state index is 0.115. The molecule has 2 aromatic rings. The van der Waals surface area contributed by atoms with Crippen molar-refractivity contribution in [1.82, 2.24) is 10.2 Å². The molecular weight excluding hydrogens is 456 g/mol. The molecular formula is C25H33BrN2O3. The smallest absolute Gasteiger partial charge is 0.261 e. The summed E-state index contributed by atoms with van der Waals surface area (Å²) in [6.45, 7) is 8.85. The molecule has 0 heterocycles. The van der Waals surface area contributed by atoms with Gasteiger partial charge in [0.1, 0.15) is 11.8 Å². The van der Waals surface area contributed by atoms with Gasteiger partial charge in [-0.3, -0.25) is 9.59 Å². The molecule has 6 heteroatoms. The molecule has 0 spiro atoms. The number of amides is 2. The van der Waals surface area contributed by atoms with Crippen LogP contribution in [-0.4, -0.2) is 35.9 Å². The number of nitrogens with one attached hydrogen (secondary N) is 1. The van der Waals surface area contributed by atoms with Crippen LogP contribution >= 0.6 is 15.9 Å². The average molecular weight is 489 g/mol. The number of carbonyl (C=O) groups is 2. The van der Waals surface area contributed by atoms with Gasteiger partial charge >= 0.3 is 0 Å². The second kappa shape index (κ2) is 12.5. The number of benzene rings is 2. The monoisotopic (exact) mass is 488 g/mol. The fourth-order valence-electron chi connectivity index (χ4n) is 3.42. The third kappa shape index (κ3) is 7.39. The Kier molecular flexibility index (Phi) is 10.0. The zero-order chi connectivity index (χ0) is 22.8. The lowest BCUT2D eigenvalue weighted by Crippen LogP contribution is -2.50. The number of rotatable bonds is 11. The van der Waals surface area contributed by atoms with Gasteiger partial charge in [0.15, 0.2) is 6.61 Å². The van der Waals surface area contributed by atoms with Crippen LogP contribution in [-0.2, 0) is 16.1 Å². The van der Waals surface area contributed by atoms with Gasteiger partial charge in [-0.2, -0.15) is 0 Å². The summed E-state index contributed by atoms with van der Waals surface area (Å²) in [6.07, 6.45) is 2.46. The first kappa shape index (κ1) is 24.9. The minimum Gasteiger partial charge on any atom is -0.484 e. The maximum atomic E-state index is 13.2. The van der Waals surface area contributed by atoms with E-state index in [-0.39, 0.29) is 18.4 Å². The molecule has 1 N–H and O–H groups in total. The van der Waals surface area contributed by atoms with Crippen molar-refractivity contribution in [2.24, 2.45) is 0 Å². The van der Waals surface area contributed by atoms with Gasteiger partial charge in [0.2, 0.25) is 5.91 Å². The molecule has 31 heavy (non-hydrogen) atoms. The quantitative estimate of drug-likeness (QED) is 0.443. The number of nitrogens with zero attached hydrogens (tertiary/aromatic N) is 1. The van der Waals surface area contributed by atoms with E-state index in [2.05, 4.69) is 28.2 Å². The Morgan fingerprint density at radius 1 is 1.10 bits per heavy atom. The van der Waals surface area contributed by atoms with Crippen LogP contribution in [0.4, 0.5) is 0 Å². The normalized spacial score (nSPS) is 11.6. The summed E-state index contributed by atoms with van der Waals surface area (Å²) < 4.78 is 6.87. The molecule has 168 valence electrons. The first-order chi connectivity index (χ1) is 14.9. The van der Waals surface area contributed by atoms with Crippen molar-refractivity contribution in [2.45, 2.75) is 59.5 Å². The molecule has 0 bridgehead atoms. The molecule has 0 radical (unpaired) electrons. The number of ether oxygens (including phenoxy) is 1. The maximum absolute atomic E-state index is 13.2. The second-order valence-corrected chi connectivity index (χ2v) is 8.53. The highest BCUT2D eigenvalue weighted by Crippen LogP contribution is 2.26. The van der Waals surface area contributed by atoms with Crippen molar-refractivity contribution in [3.63, 3.8) is 0 Å². The van der Waals surface area contributed by atoms with Gasteiger partial charge in [-0.1, -0.05) is 66.5 Å². The van der Waals surface area contributed by atoms with Crippen LogP contribution in [0.15, 0.2) is 46.9 Å². The topological polar surface area (TPSA) is 58.6 Å². The van der Waals surface area contributed by atoms with Crippen LogP contribution < -0.4 is 10.1 Å². The zero-order valence-corrected chi connectivity index (χ0v) is 20.5. The first-order valence-corrected chi connectivity index (χ1v) is 11.7. The van der Waals surface area contributed by atoms with E-state index in [0.717, 1.165) is 34.0 Å². The first-order valence-electron chi connectivity index (χ1n) is 10.9. The molecule has 0 aliphatic rings. The Morgan fingerprint density at radius 3 is 2.32 bits per heavy atom. The van der Waals surface area contributed by atoms with Crippen molar-refractivity contribution in [3.05, 3.63) is 63.6 Å². The lowest BCUT2D eigenvalue weighted by molar-refractivity contribution is -0.143. The second-order valence-electron chi connectivity index (χ2n) is 7.74. The van der Waals surface area contributed by atoms with Gasteiger partial charge in [0.05, 0.1) is 0 Å². The number of unbranched alkanes of at least 4 members (excludes halogenated alkanes) is 1. The summed E-state index contributed by atoms with van der Waals surface area (Å²) in [5.41, 5.74) is 3.07. The van der Waals surface area contributed by atoms with Crippen LogP contribution in [0.25, 0.3) is 0 Å². The highest BCUT2D eigenvalue weighted by Gasteiger charge is 2.28. The summed E-state index contributed by atoms with van der Waals surface area (Å²) in [6, 6.07) is 13.0. The van der Waals surface area contributed by atoms with Crippen LogP contribution in [0.5, 0.6) is 5.75 Å². The molecule has 0 saturated heterocycles. The summed E-state index contributed by atoms with van der Waals surface area (Å²) in [7, 11) is 0. The van der Waals surface area contributed by atoms with E-state index in [4.69, 9.17) is 4.74 Å². The molecule has 2 aromatic carbocycles. The van der Waals surface area contributed by atoms with Crippen molar-refractivity contribution in [1.29, 1.82) is 0 Å². The summed E-state index contributed by atoms with van der Waals surface area (Å²) in [5.74, 6) is 0.321. The molecule has 0 saturated carbocycles. The van der Waals surface area contributed by atoms with E-state index in [1.54, 1.807) is 4.90 Å². The van der Waals surface area contributed by atoms with Gasteiger partial charge in [-0.05, 0) is 55.5 Å². The Morgan fingerprint density at radius 2 is 1.74 bits per heavy atom. The molecule has 2 amide bonds. The number of hydrogen-bond donors (Lipinski definition) is 1. The zero-order valence-electron chi connectivity index (χ0n) is 18.9. The number of aryl methyl sites for hydroxylation is 2. The van der Waals surface area contributed by atoms with Crippen molar-refractivity contribution in [2.75, 3.05) is 13.2 Å². The standard InChI is InChI=1S/C25H33BrN2O3/c1-5-7-13-27-25(30)22(6-2)28(16-20-11-9-8-10-12-20)23(29)17-31-21-14-18(3)24(26)19(4)15-21/h8-12,14-15,22H,5-7,13,16-17H2,1-4H3,(H,27,30)/t22-/m0/s1. The van der Waals surface area contributed by atoms with Crippen LogP contribution in [0, 0.1) is 13.8 Å². The minimum atomic E-state index is -0.540. The highest BCUT2D eigenvalue weighted by molar-refractivity contribution is 9.10. The summed E-state index contributed by atoms with van der Waals surface area (Å²) >= 11 is 3.55. The Bertz CT molecular complexity index is 847. The van der Waals surface area contributed by atoms with Crippen molar-refractivity contribution in [3.8, 4) is 5.75 Å². The van der Waals surface area contributed by atoms with E-state index in [1.165, 1.54) is 0 Å². The molecule has 0 aliphatic carbocycles. The van der Waals surface area contributed by atoms with Gasteiger partial charge in [-0.15, -0.1) is 0 Å². The van der Waals surface area contributed by atoms with Crippen molar-refractivity contribution >= 4 is 27.7 Å². The Balaban J connectivity index is 2.17. The molecule has 1 atom stereocenters. The number of hydrogen-bond acceptors (Lipinski definition) is 3. The SMILES string of the molecule is CCCCNC(=O)[C@H](CC)N(Cc1ccccc1)C(=O)COc1cc(C)c(Br)c(C)c1. The molecule has 0 fully saturated rings. The highest BCUT2D eigenvalue weighted by atomic mass is 79.9. The van der Waals surface area contributed by atoms with E-state index in [9.17, 15) is 9.59 Å². The molecule has 0 unspecified atom stereocenters. The van der Waals surface area contributed by atoms with Crippen molar-refractivity contribution < 1.29 is 14.3 Å². The third-order valence-electron chi connectivity index (χ3n) is 5.18. The van der Waals surface area contributed by atoms with Gasteiger partial charge in [0.25, 0.3) is 5.91 Å². The Hall–Kier alpha value is -2.34. The summed E-state index contributed by atoms with van der Waals surface area (Å²) in [4.78, 5) is 27.7. The number of halogens is 1. The van der Waals surface area contributed by atoms with Crippen LogP contribution in [0.1, 0.15) is 49.8 Å². The lowest BCUT2D eigenvalue weighted by atomic mass is 10.1. The van der Waals surface area contributed by atoms with E-state index < -0.39 is 6.04 Å². The van der Waals surface area contributed by atoms with Crippen LogP contribution in [0.3, 0.4) is 0 Å². The maximum Gasteiger partial charge on any atom is 0.261 e. The molecule has 0 aromatic heterocycles. The average Bonchev–Trinajstić information content (AvgIpc) is 2.76. The molecule has 5 nitrogen and oxygen atoms in total.